The molecule has 0 bridgehead atoms. The molecule has 8 nitrogen and oxygen atoms in total. The van der Waals surface area contributed by atoms with Crippen molar-refractivity contribution in [2.75, 3.05) is 0 Å². The maximum atomic E-state index is 12.4. The summed E-state index contributed by atoms with van der Waals surface area (Å²) in [6.07, 6.45) is 0. The molecule has 0 saturated carbocycles. The molecule has 0 atom stereocenters. The van der Waals surface area contributed by atoms with Gasteiger partial charge in [0.1, 0.15) is 0 Å². The Morgan fingerprint density at radius 2 is 1.64 bits per heavy atom. The van der Waals surface area contributed by atoms with E-state index in [0.29, 0.717) is 11.0 Å². The molecule has 0 unspecified atom stereocenters. The van der Waals surface area contributed by atoms with Gasteiger partial charge < -0.3 is 4.98 Å². The van der Waals surface area contributed by atoms with Gasteiger partial charge in [-0.25, -0.2) is 0 Å². The van der Waals surface area contributed by atoms with E-state index in [1.165, 1.54) is 18.2 Å². The number of non-ortho nitro benzene ring substituents is 1. The average Bonchev–Trinajstić information content (AvgIpc) is 2.45. The van der Waals surface area contributed by atoms with E-state index in [9.17, 15) is 23.3 Å². The van der Waals surface area contributed by atoms with Crippen molar-refractivity contribution in [2.24, 2.45) is 0 Å². The van der Waals surface area contributed by atoms with Gasteiger partial charge in [0.2, 0.25) is 0 Å². The zero-order valence-corrected chi connectivity index (χ0v) is 11.6. The molecule has 112 valence electrons. The summed E-state index contributed by atoms with van der Waals surface area (Å²) in [5, 5.41) is 10.9. The summed E-state index contributed by atoms with van der Waals surface area (Å²) >= 11 is 0. The maximum absolute atomic E-state index is 12.4. The molecule has 0 fully saturated rings. The van der Waals surface area contributed by atoms with E-state index in [1.54, 1.807) is 0 Å². The van der Waals surface area contributed by atoms with Gasteiger partial charge in [-0.15, -0.1) is 0 Å². The highest BCUT2D eigenvalue weighted by atomic mass is 32.2. The summed E-state index contributed by atoms with van der Waals surface area (Å²) < 4.78 is 31.3. The molecule has 0 aliphatic carbocycles. The minimum atomic E-state index is -4.45. The lowest BCUT2D eigenvalue weighted by Crippen LogP contribution is -2.06. The van der Waals surface area contributed by atoms with Crippen LogP contribution in [-0.2, 0) is 10.1 Å². The van der Waals surface area contributed by atoms with Crippen LogP contribution in [0.15, 0.2) is 46.1 Å². The number of nitrogens with zero attached hydrogens (tertiary/aromatic N) is 1. The van der Waals surface area contributed by atoms with Crippen molar-refractivity contribution in [1.82, 2.24) is 4.98 Å². The third-order valence-corrected chi connectivity index (χ3v) is 4.11. The van der Waals surface area contributed by atoms with Gasteiger partial charge in [-0.05, 0) is 24.3 Å². The summed E-state index contributed by atoms with van der Waals surface area (Å²) in [5.74, 6) is 0. The van der Waals surface area contributed by atoms with E-state index < -0.39 is 25.4 Å². The molecule has 9 heteroatoms. The van der Waals surface area contributed by atoms with Crippen molar-refractivity contribution >= 4 is 37.6 Å². The Morgan fingerprint density at radius 3 is 2.23 bits per heavy atom. The quantitative estimate of drug-likeness (QED) is 0.320. The third kappa shape index (κ3) is 2.22. The van der Waals surface area contributed by atoms with E-state index in [0.717, 1.165) is 18.2 Å². The third-order valence-electron chi connectivity index (χ3n) is 3.26. The van der Waals surface area contributed by atoms with Crippen LogP contribution < -0.4 is 5.43 Å². The fourth-order valence-corrected chi connectivity index (χ4v) is 2.72. The molecule has 0 aliphatic rings. The number of nitro groups is 1. The number of hydrogen-bond acceptors (Lipinski definition) is 5. The van der Waals surface area contributed by atoms with Crippen molar-refractivity contribution in [3.05, 3.63) is 56.7 Å². The predicted octanol–water partition coefficient (Wildman–Crippen LogP) is 1.84. The van der Waals surface area contributed by atoms with Crippen LogP contribution in [0, 0.1) is 10.1 Å². The number of pyridine rings is 1. The van der Waals surface area contributed by atoms with Gasteiger partial charge in [0.05, 0.1) is 20.7 Å². The second kappa shape index (κ2) is 4.61. The van der Waals surface area contributed by atoms with Crippen LogP contribution in [0.4, 0.5) is 5.69 Å². The van der Waals surface area contributed by atoms with Gasteiger partial charge in [0, 0.05) is 23.0 Å². The fraction of sp³-hybridized carbons (Fsp3) is 0. The SMILES string of the molecule is O=c1c2cc([N+](=O)[O-])ccc2[nH]c2ccc(S(=O)(=O)O)cc12. The second-order valence-electron chi connectivity index (χ2n) is 4.62. The van der Waals surface area contributed by atoms with E-state index in [1.807, 2.05) is 0 Å². The van der Waals surface area contributed by atoms with Crippen molar-refractivity contribution in [3.8, 4) is 0 Å². The van der Waals surface area contributed by atoms with Crippen LogP contribution >= 0.6 is 0 Å². The minimum Gasteiger partial charge on any atom is -0.354 e. The minimum absolute atomic E-state index is 0.0168. The molecule has 22 heavy (non-hydrogen) atoms. The van der Waals surface area contributed by atoms with Gasteiger partial charge in [0.15, 0.2) is 5.43 Å². The molecule has 0 saturated heterocycles. The first kappa shape index (κ1) is 14.2. The zero-order valence-electron chi connectivity index (χ0n) is 10.8. The maximum Gasteiger partial charge on any atom is 0.294 e. The first-order valence-corrected chi connectivity index (χ1v) is 7.43. The first-order valence-electron chi connectivity index (χ1n) is 5.99. The first-order chi connectivity index (χ1) is 10.3. The number of nitro benzene ring substituents is 1. The smallest absolute Gasteiger partial charge is 0.294 e. The Bertz CT molecular complexity index is 1100. The molecule has 2 aromatic carbocycles. The lowest BCUT2D eigenvalue weighted by atomic mass is 10.1. The summed E-state index contributed by atoms with van der Waals surface area (Å²) in [5.41, 5.74) is -0.0531. The highest BCUT2D eigenvalue weighted by Crippen LogP contribution is 2.21. The molecule has 1 heterocycles. The highest BCUT2D eigenvalue weighted by molar-refractivity contribution is 7.85. The fourth-order valence-electron chi connectivity index (χ4n) is 2.21. The van der Waals surface area contributed by atoms with Crippen molar-refractivity contribution in [3.63, 3.8) is 0 Å². The Labute approximate surface area is 122 Å². The van der Waals surface area contributed by atoms with Gasteiger partial charge in [-0.2, -0.15) is 8.42 Å². The lowest BCUT2D eigenvalue weighted by molar-refractivity contribution is -0.384. The van der Waals surface area contributed by atoms with Crippen LogP contribution in [0.5, 0.6) is 0 Å². The number of benzene rings is 2. The Morgan fingerprint density at radius 1 is 1.05 bits per heavy atom. The topological polar surface area (TPSA) is 130 Å². The normalized spacial score (nSPS) is 11.9. The molecule has 0 spiro atoms. The molecular weight excluding hydrogens is 312 g/mol. The predicted molar refractivity (Wildman–Crippen MR) is 78.5 cm³/mol. The summed E-state index contributed by atoms with van der Waals surface area (Å²) in [6.45, 7) is 0. The Balaban J connectivity index is 2.44. The summed E-state index contributed by atoms with van der Waals surface area (Å²) in [7, 11) is -4.45. The number of hydrogen-bond donors (Lipinski definition) is 2. The number of aromatic amines is 1. The number of H-pyrrole nitrogens is 1. The number of fused-ring (bicyclic) bond motifs is 2. The van der Waals surface area contributed by atoms with Gasteiger partial charge in [-0.1, -0.05) is 0 Å². The monoisotopic (exact) mass is 320 g/mol. The van der Waals surface area contributed by atoms with Crippen LogP contribution in [0.2, 0.25) is 0 Å². The lowest BCUT2D eigenvalue weighted by Gasteiger charge is -2.04. The van der Waals surface area contributed by atoms with E-state index in [4.69, 9.17) is 4.55 Å². The van der Waals surface area contributed by atoms with Crippen molar-refractivity contribution in [1.29, 1.82) is 0 Å². The molecule has 1 aromatic heterocycles. The van der Waals surface area contributed by atoms with Gasteiger partial charge >= 0.3 is 0 Å². The average molecular weight is 320 g/mol. The van der Waals surface area contributed by atoms with E-state index in [2.05, 4.69) is 4.98 Å². The standard InChI is InChI=1S/C13H8N2O6S/c16-13-9-5-7(15(17)18)1-3-11(9)14-12-4-2-8(6-10(12)13)22(19,20)21/h1-6H,(H,14,16)(H,19,20,21). The van der Waals surface area contributed by atoms with E-state index in [-0.39, 0.29) is 16.5 Å². The number of rotatable bonds is 2. The van der Waals surface area contributed by atoms with Gasteiger partial charge in [0.25, 0.3) is 15.8 Å². The molecule has 0 radical (unpaired) electrons. The molecule has 0 aliphatic heterocycles. The van der Waals surface area contributed by atoms with E-state index >= 15 is 0 Å². The van der Waals surface area contributed by atoms with Crippen LogP contribution in [-0.4, -0.2) is 22.9 Å². The van der Waals surface area contributed by atoms with Crippen molar-refractivity contribution < 1.29 is 17.9 Å². The molecule has 0 amide bonds. The summed E-state index contributed by atoms with van der Waals surface area (Å²) in [6, 6.07) is 7.32. The molecular formula is C13H8N2O6S. The van der Waals surface area contributed by atoms with Crippen LogP contribution in [0.25, 0.3) is 21.8 Å². The number of nitrogens with one attached hydrogen (secondary N) is 1. The van der Waals surface area contributed by atoms with Crippen molar-refractivity contribution in [2.45, 2.75) is 4.90 Å². The number of aromatic nitrogens is 1. The second-order valence-corrected chi connectivity index (χ2v) is 6.05. The largest absolute Gasteiger partial charge is 0.354 e. The zero-order chi connectivity index (χ0) is 16.1. The Kier molecular flexibility index (Phi) is 2.97. The van der Waals surface area contributed by atoms with Gasteiger partial charge in [-0.3, -0.25) is 19.5 Å². The molecule has 3 aromatic rings. The Hall–Kier alpha value is -2.78. The highest BCUT2D eigenvalue weighted by Gasteiger charge is 2.14. The van der Waals surface area contributed by atoms with Crippen LogP contribution in [0.3, 0.4) is 0 Å². The molecule has 2 N–H and O–H groups in total. The summed E-state index contributed by atoms with van der Waals surface area (Å²) in [4.78, 5) is 25.1. The van der Waals surface area contributed by atoms with Crippen LogP contribution in [0.1, 0.15) is 0 Å². The molecule has 3 rings (SSSR count).